The highest BCUT2D eigenvalue weighted by Gasteiger charge is 2.04. The van der Waals surface area contributed by atoms with Gasteiger partial charge in [-0.2, -0.15) is 5.10 Å². The molecule has 1 unspecified atom stereocenters. The summed E-state index contributed by atoms with van der Waals surface area (Å²) < 4.78 is 1.90. The van der Waals surface area contributed by atoms with E-state index in [0.29, 0.717) is 0 Å². The molecule has 1 heterocycles. The van der Waals surface area contributed by atoms with Crippen molar-refractivity contribution in [2.75, 3.05) is 0 Å². The number of hydrogen-bond acceptors (Lipinski definition) is 1. The quantitative estimate of drug-likeness (QED) is 0.663. The molecule has 0 saturated carbocycles. The normalized spacial score (nSPS) is 13.3. The molecule has 0 amide bonds. The van der Waals surface area contributed by atoms with Crippen LogP contribution in [-0.2, 0) is 13.5 Å². The van der Waals surface area contributed by atoms with E-state index in [-0.39, 0.29) is 5.38 Å². The summed E-state index contributed by atoms with van der Waals surface area (Å²) in [5.74, 6) is 0. The van der Waals surface area contributed by atoms with E-state index >= 15 is 0 Å². The molecule has 1 aromatic rings. The molecule has 12 heavy (non-hydrogen) atoms. The van der Waals surface area contributed by atoms with Crippen LogP contribution in [-0.4, -0.2) is 15.2 Å². The van der Waals surface area contributed by atoms with Crippen molar-refractivity contribution in [2.24, 2.45) is 7.05 Å². The lowest BCUT2D eigenvalue weighted by atomic mass is 10.1. The second kappa shape index (κ2) is 3.94. The van der Waals surface area contributed by atoms with Gasteiger partial charge in [0.2, 0.25) is 0 Å². The van der Waals surface area contributed by atoms with E-state index in [9.17, 15) is 0 Å². The smallest absolute Gasteiger partial charge is 0.0524 e. The summed E-state index contributed by atoms with van der Waals surface area (Å²) in [4.78, 5) is 0. The van der Waals surface area contributed by atoms with Gasteiger partial charge in [-0.05, 0) is 32.3 Å². The van der Waals surface area contributed by atoms with Gasteiger partial charge in [0, 0.05) is 18.1 Å². The number of alkyl halides is 1. The molecule has 0 bridgehead atoms. The minimum absolute atomic E-state index is 0.254. The van der Waals surface area contributed by atoms with Crippen LogP contribution >= 0.6 is 11.6 Å². The maximum atomic E-state index is 5.86. The standard InChI is InChI=1S/C9H15ClN2/c1-7(10)4-5-9-6-11-12(3)8(9)2/h6-7H,4-5H2,1-3H3. The number of aromatic nitrogens is 2. The van der Waals surface area contributed by atoms with E-state index in [0.717, 1.165) is 12.8 Å². The molecular formula is C9H15ClN2. The Kier molecular flexibility index (Phi) is 3.15. The first-order valence-corrected chi connectivity index (χ1v) is 4.66. The Hall–Kier alpha value is -0.500. The molecule has 0 radical (unpaired) electrons. The van der Waals surface area contributed by atoms with Crippen molar-refractivity contribution >= 4 is 11.6 Å². The molecule has 0 fully saturated rings. The van der Waals surface area contributed by atoms with Crippen LogP contribution in [0.2, 0.25) is 0 Å². The van der Waals surface area contributed by atoms with Gasteiger partial charge >= 0.3 is 0 Å². The summed E-state index contributed by atoms with van der Waals surface area (Å²) in [6.45, 7) is 4.11. The van der Waals surface area contributed by atoms with Gasteiger partial charge in [0.1, 0.15) is 0 Å². The fourth-order valence-corrected chi connectivity index (χ4v) is 1.25. The Balaban J connectivity index is 2.58. The Bertz CT molecular complexity index is 253. The van der Waals surface area contributed by atoms with Crippen molar-refractivity contribution in [1.29, 1.82) is 0 Å². The highest BCUT2D eigenvalue weighted by molar-refractivity contribution is 6.20. The summed E-state index contributed by atoms with van der Waals surface area (Å²) in [7, 11) is 1.96. The molecule has 0 aliphatic heterocycles. The van der Waals surface area contributed by atoms with Crippen LogP contribution in [0.15, 0.2) is 6.20 Å². The molecule has 1 rings (SSSR count). The molecular weight excluding hydrogens is 172 g/mol. The lowest BCUT2D eigenvalue weighted by molar-refractivity contribution is 0.733. The van der Waals surface area contributed by atoms with Crippen molar-refractivity contribution in [3.8, 4) is 0 Å². The van der Waals surface area contributed by atoms with Crippen molar-refractivity contribution in [3.05, 3.63) is 17.5 Å². The summed E-state index contributed by atoms with van der Waals surface area (Å²) >= 11 is 5.86. The van der Waals surface area contributed by atoms with Crippen molar-refractivity contribution in [1.82, 2.24) is 9.78 Å². The molecule has 2 nitrogen and oxygen atoms in total. The van der Waals surface area contributed by atoms with Crippen LogP contribution in [0.5, 0.6) is 0 Å². The zero-order valence-corrected chi connectivity index (χ0v) is 8.60. The first-order chi connectivity index (χ1) is 5.61. The monoisotopic (exact) mass is 186 g/mol. The van der Waals surface area contributed by atoms with Crippen LogP contribution in [0.4, 0.5) is 0 Å². The van der Waals surface area contributed by atoms with Gasteiger partial charge in [0.15, 0.2) is 0 Å². The number of rotatable bonds is 3. The summed E-state index contributed by atoms with van der Waals surface area (Å²) in [5, 5.41) is 4.42. The largest absolute Gasteiger partial charge is 0.273 e. The Morgan fingerprint density at radius 2 is 2.33 bits per heavy atom. The summed E-state index contributed by atoms with van der Waals surface area (Å²) in [5.41, 5.74) is 2.55. The van der Waals surface area contributed by atoms with Gasteiger partial charge in [-0.3, -0.25) is 4.68 Å². The lowest BCUT2D eigenvalue weighted by Gasteiger charge is -2.01. The zero-order chi connectivity index (χ0) is 9.14. The number of nitrogens with zero attached hydrogens (tertiary/aromatic N) is 2. The Labute approximate surface area is 78.5 Å². The first-order valence-electron chi connectivity index (χ1n) is 4.23. The van der Waals surface area contributed by atoms with E-state index in [1.54, 1.807) is 0 Å². The molecule has 1 aromatic heterocycles. The van der Waals surface area contributed by atoms with Crippen molar-refractivity contribution < 1.29 is 0 Å². The third kappa shape index (κ3) is 2.24. The molecule has 0 spiro atoms. The maximum Gasteiger partial charge on any atom is 0.0524 e. The third-order valence-electron chi connectivity index (χ3n) is 2.15. The van der Waals surface area contributed by atoms with Crippen molar-refractivity contribution in [3.63, 3.8) is 0 Å². The minimum atomic E-state index is 0.254. The average Bonchev–Trinajstić information content (AvgIpc) is 2.30. The average molecular weight is 187 g/mol. The van der Waals surface area contributed by atoms with Crippen LogP contribution in [0, 0.1) is 6.92 Å². The van der Waals surface area contributed by atoms with Crippen LogP contribution < -0.4 is 0 Å². The number of halogens is 1. The molecule has 0 aliphatic carbocycles. The predicted molar refractivity (Wildman–Crippen MR) is 51.6 cm³/mol. The molecule has 3 heteroatoms. The van der Waals surface area contributed by atoms with E-state index < -0.39 is 0 Å². The minimum Gasteiger partial charge on any atom is -0.273 e. The van der Waals surface area contributed by atoms with Gasteiger partial charge in [0.25, 0.3) is 0 Å². The van der Waals surface area contributed by atoms with Gasteiger partial charge < -0.3 is 0 Å². The fraction of sp³-hybridized carbons (Fsp3) is 0.667. The zero-order valence-electron chi connectivity index (χ0n) is 7.84. The van der Waals surface area contributed by atoms with E-state index in [2.05, 4.69) is 12.0 Å². The molecule has 0 N–H and O–H groups in total. The number of hydrogen-bond donors (Lipinski definition) is 0. The molecule has 68 valence electrons. The second-order valence-electron chi connectivity index (χ2n) is 3.20. The van der Waals surface area contributed by atoms with Crippen LogP contribution in [0.25, 0.3) is 0 Å². The highest BCUT2D eigenvalue weighted by Crippen LogP contribution is 2.11. The van der Waals surface area contributed by atoms with Crippen LogP contribution in [0.1, 0.15) is 24.6 Å². The molecule has 1 atom stereocenters. The highest BCUT2D eigenvalue weighted by atomic mass is 35.5. The second-order valence-corrected chi connectivity index (χ2v) is 3.94. The fourth-order valence-electron chi connectivity index (χ4n) is 1.14. The molecule has 0 aliphatic rings. The van der Waals surface area contributed by atoms with Crippen LogP contribution in [0.3, 0.4) is 0 Å². The first kappa shape index (κ1) is 9.59. The lowest BCUT2D eigenvalue weighted by Crippen LogP contribution is -1.97. The summed E-state index contributed by atoms with van der Waals surface area (Å²) in [6.07, 6.45) is 3.98. The van der Waals surface area contributed by atoms with Gasteiger partial charge in [-0.1, -0.05) is 0 Å². The maximum absolute atomic E-state index is 5.86. The van der Waals surface area contributed by atoms with Gasteiger partial charge in [0.05, 0.1) is 6.20 Å². The Morgan fingerprint density at radius 3 is 2.75 bits per heavy atom. The summed E-state index contributed by atoms with van der Waals surface area (Å²) in [6, 6.07) is 0. The third-order valence-corrected chi connectivity index (χ3v) is 2.37. The van der Waals surface area contributed by atoms with Gasteiger partial charge in [-0.15, -0.1) is 11.6 Å². The van der Waals surface area contributed by atoms with Gasteiger partial charge in [-0.25, -0.2) is 0 Å². The van der Waals surface area contributed by atoms with Crippen molar-refractivity contribution in [2.45, 2.75) is 32.1 Å². The Morgan fingerprint density at radius 1 is 1.67 bits per heavy atom. The number of aryl methyl sites for hydroxylation is 2. The molecule has 0 aromatic carbocycles. The SMILES string of the molecule is Cc1c(CCC(C)Cl)cnn1C. The van der Waals surface area contributed by atoms with E-state index in [4.69, 9.17) is 11.6 Å². The van der Waals surface area contributed by atoms with E-state index in [1.807, 2.05) is 24.9 Å². The molecule has 0 saturated heterocycles. The van der Waals surface area contributed by atoms with E-state index in [1.165, 1.54) is 11.3 Å². The topological polar surface area (TPSA) is 17.8 Å². The predicted octanol–water partition coefficient (Wildman–Crippen LogP) is 2.29.